The van der Waals surface area contributed by atoms with E-state index in [4.69, 9.17) is 5.53 Å². The molecule has 0 aliphatic rings. The molecular weight excluding hydrogens is 172 g/mol. The van der Waals surface area contributed by atoms with Crippen LogP contribution in [0.2, 0.25) is 0 Å². The second-order valence-corrected chi connectivity index (χ2v) is 3.01. The van der Waals surface area contributed by atoms with Crippen molar-refractivity contribution in [3.8, 4) is 0 Å². The van der Waals surface area contributed by atoms with Crippen molar-refractivity contribution in [3.63, 3.8) is 0 Å². The maximum Gasteiger partial charge on any atom is 0.238 e. The fraction of sp³-hybridized carbons (Fsp3) is 0. The highest BCUT2D eigenvalue weighted by atomic mass is 15.2. The third-order valence-corrected chi connectivity index (χ3v) is 2.03. The second-order valence-electron chi connectivity index (χ2n) is 3.01. The smallest absolute Gasteiger partial charge is 0.0618 e. The molecule has 0 saturated heterocycles. The number of nitrogens with one attached hydrogen (secondary N) is 1. The fourth-order valence-electron chi connectivity index (χ4n) is 1.30. The molecule has 2 heteroatoms. The van der Waals surface area contributed by atoms with Gasteiger partial charge >= 0.3 is 0 Å². The van der Waals surface area contributed by atoms with E-state index in [1.165, 1.54) is 4.70 Å². The van der Waals surface area contributed by atoms with Crippen LogP contribution in [0.25, 0.3) is 0 Å². The summed E-state index contributed by atoms with van der Waals surface area (Å²) in [5.74, 6) is 0. The van der Waals surface area contributed by atoms with Crippen molar-refractivity contribution in [2.75, 3.05) is 0 Å². The Labute approximate surface area is 82.9 Å². The average Bonchev–Trinajstić information content (AvgIpc) is 2.30. The van der Waals surface area contributed by atoms with Gasteiger partial charge in [-0.15, -0.1) is 0 Å². The fourth-order valence-corrected chi connectivity index (χ4v) is 1.30. The SMILES string of the molecule is N=[N+](c1ccccc1)c1ccccc1. The van der Waals surface area contributed by atoms with Crippen LogP contribution < -0.4 is 4.70 Å². The van der Waals surface area contributed by atoms with E-state index >= 15 is 0 Å². The van der Waals surface area contributed by atoms with E-state index in [0.717, 1.165) is 11.4 Å². The summed E-state index contributed by atoms with van der Waals surface area (Å²) in [7, 11) is 0. The lowest BCUT2D eigenvalue weighted by Gasteiger charge is -1.94. The summed E-state index contributed by atoms with van der Waals surface area (Å²) < 4.78 is 1.42. The maximum atomic E-state index is 7.89. The first-order chi connectivity index (χ1) is 6.88. The Bertz CT molecular complexity index is 379. The monoisotopic (exact) mass is 183 g/mol. The molecule has 0 bridgehead atoms. The lowest BCUT2D eigenvalue weighted by atomic mass is 10.2. The topological polar surface area (TPSA) is 26.9 Å². The van der Waals surface area contributed by atoms with E-state index in [-0.39, 0.29) is 0 Å². The molecular formula is C12H11N2+. The molecule has 14 heavy (non-hydrogen) atoms. The lowest BCUT2D eigenvalue weighted by molar-refractivity contribution is 0.832. The van der Waals surface area contributed by atoms with E-state index in [1.54, 1.807) is 0 Å². The van der Waals surface area contributed by atoms with Crippen LogP contribution >= 0.6 is 0 Å². The van der Waals surface area contributed by atoms with Crippen molar-refractivity contribution >= 4 is 11.4 Å². The van der Waals surface area contributed by atoms with E-state index in [2.05, 4.69) is 0 Å². The molecule has 1 N–H and O–H groups in total. The Morgan fingerprint density at radius 3 is 1.36 bits per heavy atom. The summed E-state index contributed by atoms with van der Waals surface area (Å²) in [6, 6.07) is 19.3. The van der Waals surface area contributed by atoms with Gasteiger partial charge in [-0.2, -0.15) is 0 Å². The van der Waals surface area contributed by atoms with Gasteiger partial charge in [0, 0.05) is 24.3 Å². The number of para-hydroxylation sites is 2. The molecule has 0 fully saturated rings. The van der Waals surface area contributed by atoms with Gasteiger partial charge in [0.25, 0.3) is 0 Å². The van der Waals surface area contributed by atoms with Crippen LogP contribution in [0.15, 0.2) is 60.7 Å². The summed E-state index contributed by atoms with van der Waals surface area (Å²) in [6.07, 6.45) is 0. The Balaban J connectivity index is 2.35. The van der Waals surface area contributed by atoms with Gasteiger partial charge in [0.1, 0.15) is 0 Å². The first kappa shape index (κ1) is 8.63. The van der Waals surface area contributed by atoms with Crippen LogP contribution in [0.5, 0.6) is 0 Å². The first-order valence-electron chi connectivity index (χ1n) is 4.49. The summed E-state index contributed by atoms with van der Waals surface area (Å²) >= 11 is 0. The van der Waals surface area contributed by atoms with E-state index in [9.17, 15) is 0 Å². The summed E-state index contributed by atoms with van der Waals surface area (Å²) in [4.78, 5) is 0. The van der Waals surface area contributed by atoms with Crippen LogP contribution in [0, 0.1) is 5.53 Å². The van der Waals surface area contributed by atoms with Crippen molar-refractivity contribution in [2.45, 2.75) is 0 Å². The molecule has 0 saturated carbocycles. The van der Waals surface area contributed by atoms with Gasteiger partial charge in [0.05, 0.1) is 0 Å². The highest BCUT2D eigenvalue weighted by Crippen LogP contribution is 2.18. The molecule has 0 spiro atoms. The van der Waals surface area contributed by atoms with Gasteiger partial charge in [-0.25, -0.2) is 0 Å². The highest BCUT2D eigenvalue weighted by Gasteiger charge is 2.10. The number of benzene rings is 2. The zero-order valence-electron chi connectivity index (χ0n) is 7.72. The lowest BCUT2D eigenvalue weighted by Crippen LogP contribution is -1.96. The van der Waals surface area contributed by atoms with Crippen molar-refractivity contribution in [1.29, 1.82) is 5.53 Å². The third kappa shape index (κ3) is 1.69. The van der Waals surface area contributed by atoms with E-state index in [1.807, 2.05) is 60.7 Å². The van der Waals surface area contributed by atoms with Gasteiger partial charge in [0.2, 0.25) is 11.4 Å². The number of rotatable bonds is 2. The molecule has 0 atom stereocenters. The van der Waals surface area contributed by atoms with Gasteiger partial charge in [-0.1, -0.05) is 41.1 Å². The van der Waals surface area contributed by atoms with E-state index < -0.39 is 0 Å². The minimum absolute atomic E-state index is 0.874. The van der Waals surface area contributed by atoms with Crippen molar-refractivity contribution in [3.05, 3.63) is 60.7 Å². The normalized spacial score (nSPS) is 9.71. The number of nitrogens with zero attached hydrogens (tertiary/aromatic N) is 1. The molecule has 0 aromatic heterocycles. The molecule has 68 valence electrons. The average molecular weight is 183 g/mol. The number of hydrogen-bond donors (Lipinski definition) is 1. The maximum absolute atomic E-state index is 7.89. The second kappa shape index (κ2) is 3.83. The van der Waals surface area contributed by atoms with Crippen LogP contribution in [0.3, 0.4) is 0 Å². The van der Waals surface area contributed by atoms with Crippen molar-refractivity contribution in [2.24, 2.45) is 0 Å². The summed E-state index contributed by atoms with van der Waals surface area (Å²) in [5, 5.41) is 0. The van der Waals surface area contributed by atoms with E-state index in [0.29, 0.717) is 0 Å². The molecule has 0 heterocycles. The van der Waals surface area contributed by atoms with Crippen molar-refractivity contribution in [1.82, 2.24) is 4.70 Å². The van der Waals surface area contributed by atoms with Crippen LogP contribution in [-0.2, 0) is 0 Å². The first-order valence-corrected chi connectivity index (χ1v) is 4.49. The van der Waals surface area contributed by atoms with Crippen molar-refractivity contribution < 1.29 is 0 Å². The molecule has 0 amide bonds. The third-order valence-electron chi connectivity index (χ3n) is 2.03. The standard InChI is InChI=1S/C12H11N2/c13-14(11-7-3-1-4-8-11)12-9-5-2-6-10-12/h1-10,13H/q+1. The molecule has 0 aliphatic carbocycles. The minimum Gasteiger partial charge on any atom is -0.0618 e. The summed E-state index contributed by atoms with van der Waals surface area (Å²) in [5.41, 5.74) is 9.64. The Kier molecular flexibility index (Phi) is 2.36. The Hall–Kier alpha value is -1.96. The highest BCUT2D eigenvalue weighted by molar-refractivity contribution is 5.49. The van der Waals surface area contributed by atoms with Gasteiger partial charge in [-0.3, -0.25) is 0 Å². The molecule has 0 aliphatic heterocycles. The van der Waals surface area contributed by atoms with Crippen LogP contribution in [-0.4, -0.2) is 0 Å². The van der Waals surface area contributed by atoms with Crippen LogP contribution in [0.4, 0.5) is 11.4 Å². The largest absolute Gasteiger partial charge is 0.238 e. The predicted molar refractivity (Wildman–Crippen MR) is 57.1 cm³/mol. The zero-order chi connectivity index (χ0) is 9.80. The minimum atomic E-state index is 0.874. The quantitative estimate of drug-likeness (QED) is 0.544. The summed E-state index contributed by atoms with van der Waals surface area (Å²) in [6.45, 7) is 0. The molecule has 0 unspecified atom stereocenters. The predicted octanol–water partition coefficient (Wildman–Crippen LogP) is 3.55. The van der Waals surface area contributed by atoms with Gasteiger partial charge in [-0.05, 0) is 5.53 Å². The Morgan fingerprint density at radius 2 is 1.00 bits per heavy atom. The molecule has 2 aromatic rings. The molecule has 2 aromatic carbocycles. The molecule has 2 nitrogen and oxygen atoms in total. The van der Waals surface area contributed by atoms with Gasteiger partial charge < -0.3 is 0 Å². The Morgan fingerprint density at radius 1 is 0.643 bits per heavy atom. The molecule has 0 radical (unpaired) electrons. The van der Waals surface area contributed by atoms with Crippen LogP contribution in [0.1, 0.15) is 0 Å². The molecule has 2 rings (SSSR count). The number of hydrogen-bond acceptors (Lipinski definition) is 1. The zero-order valence-corrected chi connectivity index (χ0v) is 7.72. The van der Waals surface area contributed by atoms with Gasteiger partial charge in [0.15, 0.2) is 0 Å².